The number of aryl methyl sites for hydroxylation is 1. The summed E-state index contributed by atoms with van der Waals surface area (Å²) >= 11 is 0. The van der Waals surface area contributed by atoms with Gasteiger partial charge in [-0.3, -0.25) is 14.5 Å². The van der Waals surface area contributed by atoms with Gasteiger partial charge >= 0.3 is 6.03 Å². The van der Waals surface area contributed by atoms with Crippen LogP contribution in [0.1, 0.15) is 33.7 Å². The molecule has 1 atom stereocenters. The number of carbonyl (C=O) groups excluding carboxylic acids is 3. The molecule has 0 saturated carbocycles. The van der Waals surface area contributed by atoms with Crippen LogP contribution in [0.2, 0.25) is 0 Å². The van der Waals surface area contributed by atoms with E-state index in [-0.39, 0.29) is 24.7 Å². The molecule has 176 valence electrons. The van der Waals surface area contributed by atoms with Crippen molar-refractivity contribution in [1.29, 1.82) is 0 Å². The molecule has 0 aliphatic carbocycles. The molecular formula is C22H25N3O7S. The molecule has 3 heterocycles. The van der Waals surface area contributed by atoms with Gasteiger partial charge in [0, 0.05) is 29.8 Å². The highest BCUT2D eigenvalue weighted by molar-refractivity contribution is 7.90. The fraction of sp³-hybridized carbons (Fsp3) is 0.409. The molecule has 1 aromatic carbocycles. The van der Waals surface area contributed by atoms with Crippen molar-refractivity contribution < 1.29 is 32.3 Å². The van der Waals surface area contributed by atoms with E-state index in [1.54, 1.807) is 6.07 Å². The van der Waals surface area contributed by atoms with Gasteiger partial charge in [0.15, 0.2) is 17.3 Å². The molecule has 33 heavy (non-hydrogen) atoms. The predicted molar refractivity (Wildman–Crippen MR) is 118 cm³/mol. The largest absolute Gasteiger partial charge is 0.454 e. The van der Waals surface area contributed by atoms with Crippen LogP contribution in [0.4, 0.5) is 4.79 Å². The Kier molecular flexibility index (Phi) is 5.91. The van der Waals surface area contributed by atoms with Crippen LogP contribution in [0.15, 0.2) is 24.3 Å². The first kappa shape index (κ1) is 22.8. The first-order valence-corrected chi connectivity index (χ1v) is 12.5. The number of hydrogen-bond acceptors (Lipinski definition) is 7. The molecule has 2 aliphatic heterocycles. The molecule has 4 rings (SSSR count). The minimum absolute atomic E-state index is 0.0296. The lowest BCUT2D eigenvalue weighted by Crippen LogP contribution is -2.36. The zero-order valence-corrected chi connectivity index (χ0v) is 19.4. The fourth-order valence-corrected chi connectivity index (χ4v) is 4.70. The molecule has 1 aromatic heterocycles. The molecule has 0 radical (unpaired) electrons. The van der Waals surface area contributed by atoms with Crippen LogP contribution in [-0.2, 0) is 21.2 Å². The Labute approximate surface area is 191 Å². The number of urea groups is 1. The number of benzene rings is 1. The Hall–Kier alpha value is -3.34. The van der Waals surface area contributed by atoms with Crippen molar-refractivity contribution in [2.75, 3.05) is 25.3 Å². The van der Waals surface area contributed by atoms with Gasteiger partial charge < -0.3 is 19.4 Å². The third-order valence-electron chi connectivity index (χ3n) is 5.84. The lowest BCUT2D eigenvalue weighted by molar-refractivity contribution is -0.127. The maximum Gasteiger partial charge on any atom is 0.325 e. The van der Waals surface area contributed by atoms with E-state index in [9.17, 15) is 22.8 Å². The molecule has 1 saturated heterocycles. The Morgan fingerprint density at radius 1 is 1.15 bits per heavy atom. The molecule has 10 nitrogen and oxygen atoms in total. The number of sulfone groups is 1. The first-order valence-electron chi connectivity index (χ1n) is 10.4. The van der Waals surface area contributed by atoms with Gasteiger partial charge in [-0.05, 0) is 44.0 Å². The van der Waals surface area contributed by atoms with Crippen LogP contribution in [0.3, 0.4) is 0 Å². The number of hydrogen-bond donors (Lipinski definition) is 1. The van der Waals surface area contributed by atoms with Crippen molar-refractivity contribution in [3.63, 3.8) is 0 Å². The Morgan fingerprint density at radius 3 is 2.61 bits per heavy atom. The number of ether oxygens (including phenoxy) is 2. The molecule has 11 heteroatoms. The fourth-order valence-electron chi connectivity index (χ4n) is 4.03. The van der Waals surface area contributed by atoms with Gasteiger partial charge in [-0.2, -0.15) is 0 Å². The van der Waals surface area contributed by atoms with E-state index in [2.05, 4.69) is 5.32 Å². The topological polar surface area (TPSA) is 124 Å². The molecule has 0 unspecified atom stereocenters. The maximum absolute atomic E-state index is 13.0. The van der Waals surface area contributed by atoms with E-state index in [1.807, 2.05) is 36.6 Å². The van der Waals surface area contributed by atoms with E-state index >= 15 is 0 Å². The van der Waals surface area contributed by atoms with Crippen LogP contribution in [-0.4, -0.2) is 67.0 Å². The van der Waals surface area contributed by atoms with Gasteiger partial charge in [0.2, 0.25) is 6.79 Å². The van der Waals surface area contributed by atoms with Crippen molar-refractivity contribution >= 4 is 27.6 Å². The minimum Gasteiger partial charge on any atom is -0.454 e. The van der Waals surface area contributed by atoms with Crippen LogP contribution in [0.5, 0.6) is 11.5 Å². The van der Waals surface area contributed by atoms with Crippen molar-refractivity contribution in [3.05, 3.63) is 46.8 Å². The Morgan fingerprint density at radius 2 is 1.88 bits per heavy atom. The number of rotatable bonds is 8. The lowest BCUT2D eigenvalue weighted by atomic mass is 10.1. The summed E-state index contributed by atoms with van der Waals surface area (Å²) in [5.74, 6) is 0.180. The van der Waals surface area contributed by atoms with E-state index < -0.39 is 34.4 Å². The summed E-state index contributed by atoms with van der Waals surface area (Å²) < 4.78 is 35.5. The average molecular weight is 476 g/mol. The van der Waals surface area contributed by atoms with Crippen LogP contribution < -0.4 is 14.8 Å². The van der Waals surface area contributed by atoms with E-state index in [4.69, 9.17) is 9.47 Å². The van der Waals surface area contributed by atoms with Gasteiger partial charge in [-0.1, -0.05) is 6.07 Å². The van der Waals surface area contributed by atoms with Crippen molar-refractivity contribution in [3.8, 4) is 11.5 Å². The molecule has 2 aliphatic rings. The van der Waals surface area contributed by atoms with E-state index in [1.165, 1.54) is 0 Å². The number of Topliss-reactive ketones (excluding diaryl/α,β-unsaturated/α-hetero) is 1. The number of aromatic nitrogens is 1. The quantitative estimate of drug-likeness (QED) is 0.452. The van der Waals surface area contributed by atoms with Crippen LogP contribution >= 0.6 is 0 Å². The number of amides is 3. The molecule has 1 N–H and O–H groups in total. The van der Waals surface area contributed by atoms with Crippen LogP contribution in [0.25, 0.3) is 0 Å². The molecule has 3 amide bonds. The molecule has 2 aromatic rings. The normalized spacial score (nSPS) is 17.5. The van der Waals surface area contributed by atoms with Gasteiger partial charge in [-0.25, -0.2) is 13.2 Å². The van der Waals surface area contributed by atoms with Crippen molar-refractivity contribution in [2.45, 2.75) is 32.9 Å². The second-order valence-electron chi connectivity index (χ2n) is 8.33. The second-order valence-corrected chi connectivity index (χ2v) is 10.6. The summed E-state index contributed by atoms with van der Waals surface area (Å²) in [5, 5.41) is 2.46. The highest BCUT2D eigenvalue weighted by Gasteiger charge is 2.39. The monoisotopic (exact) mass is 475 g/mol. The third kappa shape index (κ3) is 4.72. The third-order valence-corrected chi connectivity index (χ3v) is 6.82. The van der Waals surface area contributed by atoms with E-state index in [0.717, 1.165) is 28.1 Å². The van der Waals surface area contributed by atoms with Crippen molar-refractivity contribution in [2.24, 2.45) is 0 Å². The second kappa shape index (κ2) is 8.54. The number of carbonyl (C=O) groups is 3. The molecule has 0 bridgehead atoms. The number of fused-ring (bicyclic) bond motifs is 1. The number of ketones is 1. The summed E-state index contributed by atoms with van der Waals surface area (Å²) in [7, 11) is -3.28. The number of nitrogens with zero attached hydrogens (tertiary/aromatic N) is 2. The average Bonchev–Trinajstić information content (AvgIpc) is 3.40. The Balaban J connectivity index is 1.47. The lowest BCUT2D eigenvalue weighted by Gasteiger charge is -2.13. The minimum atomic E-state index is -3.28. The zero-order chi connectivity index (χ0) is 23.9. The molecular weight excluding hydrogens is 450 g/mol. The van der Waals surface area contributed by atoms with Gasteiger partial charge in [-0.15, -0.1) is 0 Å². The Bertz CT molecular complexity index is 1250. The number of nitrogens with one attached hydrogen (secondary N) is 1. The van der Waals surface area contributed by atoms with Crippen molar-refractivity contribution in [1.82, 2.24) is 14.8 Å². The standard InChI is InChI=1S/C22H25N3O7S/c1-13-8-16(14(2)24(13)10-15-4-5-19-20(9-15)32-12-31-19)18(26)11-25-21(27)17(23-22(25)28)6-7-33(3,29)30/h4-5,8-9,17H,6-7,10-12H2,1-3H3,(H,23,28)/t17-/m0/s1. The van der Waals surface area contributed by atoms with Gasteiger partial charge in [0.05, 0.1) is 12.3 Å². The van der Waals surface area contributed by atoms with Crippen LogP contribution in [0, 0.1) is 13.8 Å². The maximum atomic E-state index is 13.0. The highest BCUT2D eigenvalue weighted by Crippen LogP contribution is 2.33. The molecule has 0 spiro atoms. The molecule has 1 fully saturated rings. The first-order chi connectivity index (χ1) is 15.5. The zero-order valence-electron chi connectivity index (χ0n) is 18.6. The summed E-state index contributed by atoms with van der Waals surface area (Å²) in [5.41, 5.74) is 2.98. The van der Waals surface area contributed by atoms with E-state index in [0.29, 0.717) is 23.6 Å². The number of imide groups is 1. The summed E-state index contributed by atoms with van der Waals surface area (Å²) in [6.07, 6.45) is 1.03. The summed E-state index contributed by atoms with van der Waals surface area (Å²) in [4.78, 5) is 38.6. The predicted octanol–water partition coefficient (Wildman–Crippen LogP) is 1.42. The van der Waals surface area contributed by atoms with Gasteiger partial charge in [0.25, 0.3) is 5.91 Å². The smallest absolute Gasteiger partial charge is 0.325 e. The summed E-state index contributed by atoms with van der Waals surface area (Å²) in [6.45, 7) is 3.99. The SMILES string of the molecule is Cc1cc(C(=O)CN2C(=O)N[C@@H](CCS(C)(=O)=O)C2=O)c(C)n1Cc1ccc2c(c1)OCO2. The summed E-state index contributed by atoms with van der Waals surface area (Å²) in [6, 6.07) is 5.77. The highest BCUT2D eigenvalue weighted by atomic mass is 32.2. The van der Waals surface area contributed by atoms with Gasteiger partial charge in [0.1, 0.15) is 15.9 Å².